The zero-order valence-electron chi connectivity index (χ0n) is 14.6. The summed E-state index contributed by atoms with van der Waals surface area (Å²) < 4.78 is 0. The first-order valence-corrected chi connectivity index (χ1v) is 9.93. The molecule has 0 spiro atoms. The number of aliphatic carboxylic acids is 1. The highest BCUT2D eigenvalue weighted by atomic mass is 32.2. The third-order valence-corrected chi connectivity index (χ3v) is 6.60. The number of hydrogen-bond acceptors (Lipinski definition) is 5. The number of amides is 1. The van der Waals surface area contributed by atoms with Crippen LogP contribution < -0.4 is 5.73 Å². The molecule has 0 aromatic carbocycles. The molecule has 0 aromatic heterocycles. The Balaban J connectivity index is 1.55. The van der Waals surface area contributed by atoms with Crippen LogP contribution in [0.3, 0.4) is 0 Å². The van der Waals surface area contributed by atoms with Gasteiger partial charge in [0.05, 0.1) is 6.34 Å². The molecule has 7 nitrogen and oxygen atoms in total. The molecule has 3 aliphatic rings. The summed E-state index contributed by atoms with van der Waals surface area (Å²) in [5, 5.41) is 9.16. The molecule has 2 atom stereocenters. The molecule has 0 aromatic rings. The fourth-order valence-corrected chi connectivity index (χ4v) is 4.97. The summed E-state index contributed by atoms with van der Waals surface area (Å²) in [7, 11) is 0. The molecular weight excluding hydrogens is 340 g/mol. The molecule has 3 rings (SSSR count). The lowest BCUT2D eigenvalue weighted by Gasteiger charge is -2.47. The summed E-state index contributed by atoms with van der Waals surface area (Å²) in [4.78, 5) is 31.8. The van der Waals surface area contributed by atoms with E-state index >= 15 is 0 Å². The highest BCUT2D eigenvalue weighted by molar-refractivity contribution is 8.00. The van der Waals surface area contributed by atoms with Gasteiger partial charge >= 0.3 is 5.97 Å². The molecule has 0 radical (unpaired) electrons. The summed E-state index contributed by atoms with van der Waals surface area (Å²) in [5.74, 6) is 0.143. The molecule has 25 heavy (non-hydrogen) atoms. The number of carboxylic acid groups (broad SMARTS) is 1. The van der Waals surface area contributed by atoms with Crippen LogP contribution >= 0.6 is 11.8 Å². The van der Waals surface area contributed by atoms with Crippen LogP contribution in [0.2, 0.25) is 0 Å². The number of hydrogen-bond donors (Lipinski definition) is 2. The summed E-state index contributed by atoms with van der Waals surface area (Å²) in [5.41, 5.74) is 6.45. The molecule has 2 fully saturated rings. The number of β-lactam (4-membered cyclic amide) rings is 1. The molecule has 2 saturated heterocycles. The van der Waals surface area contributed by atoms with E-state index in [4.69, 9.17) is 5.73 Å². The zero-order chi connectivity index (χ0) is 18.0. The van der Waals surface area contributed by atoms with E-state index in [-0.39, 0.29) is 17.0 Å². The van der Waals surface area contributed by atoms with Gasteiger partial charge in [-0.1, -0.05) is 0 Å². The second-order valence-corrected chi connectivity index (χ2v) is 8.07. The quantitative estimate of drug-likeness (QED) is 0.415. The van der Waals surface area contributed by atoms with Crippen molar-refractivity contribution >= 4 is 30.0 Å². The lowest BCUT2D eigenvalue weighted by atomic mass is 9.92. The van der Waals surface area contributed by atoms with Gasteiger partial charge in [0.15, 0.2) is 6.04 Å². The smallest absolute Gasteiger partial charge is 0.352 e. The molecule has 138 valence electrons. The molecule has 0 aliphatic carbocycles. The van der Waals surface area contributed by atoms with Gasteiger partial charge in [-0.3, -0.25) is 14.7 Å². The number of carboxylic acids is 1. The summed E-state index contributed by atoms with van der Waals surface area (Å²) in [6.07, 6.45) is 6.36. The van der Waals surface area contributed by atoms with Gasteiger partial charge < -0.3 is 15.7 Å². The van der Waals surface area contributed by atoms with Crippen LogP contribution in [0, 0.1) is 5.92 Å². The number of aliphatic imine (C=N–C) groups is 1. The van der Waals surface area contributed by atoms with Crippen molar-refractivity contribution in [1.29, 1.82) is 0 Å². The Labute approximate surface area is 152 Å². The van der Waals surface area contributed by atoms with Crippen molar-refractivity contribution in [3.05, 3.63) is 11.3 Å². The Morgan fingerprint density at radius 1 is 1.44 bits per heavy atom. The largest absolute Gasteiger partial charge is 0.477 e. The molecule has 0 saturated carbocycles. The summed E-state index contributed by atoms with van der Waals surface area (Å²) in [6.45, 7) is 4.44. The Kier molecular flexibility index (Phi) is 5.68. The van der Waals surface area contributed by atoms with Crippen LogP contribution in [0.5, 0.6) is 0 Å². The van der Waals surface area contributed by atoms with Crippen LogP contribution in [0.4, 0.5) is 0 Å². The van der Waals surface area contributed by atoms with Crippen LogP contribution in [0.25, 0.3) is 0 Å². The first-order chi connectivity index (χ1) is 12.0. The van der Waals surface area contributed by atoms with Gasteiger partial charge in [0.2, 0.25) is 0 Å². The molecule has 3 N–H and O–H groups in total. The van der Waals surface area contributed by atoms with Crippen LogP contribution in [0.1, 0.15) is 32.6 Å². The second-order valence-electron chi connectivity index (χ2n) is 6.96. The maximum absolute atomic E-state index is 12.4. The number of nitrogens with zero attached hydrogens (tertiary/aromatic N) is 3. The first-order valence-electron chi connectivity index (χ1n) is 8.88. The number of fused-ring (bicyclic) bond motifs is 1. The fraction of sp³-hybridized carbons (Fsp3) is 0.706. The van der Waals surface area contributed by atoms with Gasteiger partial charge in [-0.25, -0.2) is 4.79 Å². The number of carbonyl (C=O) groups excluding carboxylic acids is 1. The van der Waals surface area contributed by atoms with Gasteiger partial charge in [-0.15, -0.1) is 11.8 Å². The lowest BCUT2D eigenvalue weighted by Crippen LogP contribution is -2.64. The minimum Gasteiger partial charge on any atom is -0.477 e. The van der Waals surface area contributed by atoms with E-state index in [0.29, 0.717) is 5.75 Å². The monoisotopic (exact) mass is 366 g/mol. The molecule has 2 unspecified atom stereocenters. The van der Waals surface area contributed by atoms with E-state index in [1.807, 2.05) is 0 Å². The van der Waals surface area contributed by atoms with Crippen molar-refractivity contribution in [2.75, 3.05) is 25.4 Å². The number of thioether (sulfide) groups is 1. The van der Waals surface area contributed by atoms with Crippen molar-refractivity contribution < 1.29 is 14.7 Å². The molecule has 1 amide bonds. The number of nitrogens with two attached hydrogens (primary N) is 1. The average molecular weight is 366 g/mol. The summed E-state index contributed by atoms with van der Waals surface area (Å²) >= 11 is 1.59. The highest BCUT2D eigenvalue weighted by Crippen LogP contribution is 2.41. The Hall–Kier alpha value is -1.54. The van der Waals surface area contributed by atoms with E-state index in [2.05, 4.69) is 9.89 Å². The molecule has 8 heteroatoms. The number of likely N-dealkylation sites (tertiary alicyclic amines) is 1. The van der Waals surface area contributed by atoms with Crippen LogP contribution in [-0.4, -0.2) is 69.9 Å². The maximum atomic E-state index is 12.4. The topological polar surface area (TPSA) is 99.2 Å². The highest BCUT2D eigenvalue weighted by Gasteiger charge is 2.53. The minimum absolute atomic E-state index is 0.140. The molecule has 3 aliphatic heterocycles. The maximum Gasteiger partial charge on any atom is 0.352 e. The van der Waals surface area contributed by atoms with Gasteiger partial charge in [-0.05, 0) is 50.6 Å². The third-order valence-electron chi connectivity index (χ3n) is 5.19. The zero-order valence-corrected chi connectivity index (χ0v) is 15.4. The van der Waals surface area contributed by atoms with Crippen LogP contribution in [-0.2, 0) is 9.59 Å². The Morgan fingerprint density at radius 3 is 2.80 bits per heavy atom. The molecular formula is C17H26N4O3S. The van der Waals surface area contributed by atoms with Gasteiger partial charge in [-0.2, -0.15) is 0 Å². The third kappa shape index (κ3) is 3.69. The lowest BCUT2D eigenvalue weighted by molar-refractivity contribution is -0.147. The van der Waals surface area contributed by atoms with Gasteiger partial charge in [0.1, 0.15) is 11.1 Å². The van der Waals surface area contributed by atoms with Crippen molar-refractivity contribution in [2.24, 2.45) is 16.6 Å². The van der Waals surface area contributed by atoms with Crippen molar-refractivity contribution in [3.63, 3.8) is 0 Å². The van der Waals surface area contributed by atoms with Crippen molar-refractivity contribution in [1.82, 2.24) is 9.80 Å². The van der Waals surface area contributed by atoms with Crippen molar-refractivity contribution in [3.8, 4) is 0 Å². The number of piperidine rings is 1. The fourth-order valence-electron chi connectivity index (χ4n) is 3.69. The summed E-state index contributed by atoms with van der Waals surface area (Å²) in [6, 6.07) is -0.456. The van der Waals surface area contributed by atoms with E-state index in [1.54, 1.807) is 25.0 Å². The first kappa shape index (κ1) is 18.3. The minimum atomic E-state index is -1.03. The average Bonchev–Trinajstić information content (AvgIpc) is 2.61. The van der Waals surface area contributed by atoms with E-state index < -0.39 is 12.0 Å². The number of rotatable bonds is 6. The van der Waals surface area contributed by atoms with E-state index in [9.17, 15) is 14.7 Å². The molecule has 0 bridgehead atoms. The predicted molar refractivity (Wildman–Crippen MR) is 98.3 cm³/mol. The normalized spacial score (nSPS) is 27.7. The van der Waals surface area contributed by atoms with Gasteiger partial charge in [0, 0.05) is 18.8 Å². The van der Waals surface area contributed by atoms with E-state index in [0.717, 1.165) is 50.4 Å². The molecule has 3 heterocycles. The number of carbonyl (C=O) groups is 2. The van der Waals surface area contributed by atoms with Crippen molar-refractivity contribution in [2.45, 2.75) is 44.0 Å². The SMILES string of the molecule is CC1=C(C(=O)O)N2C(=O)C(N=CN3CCC(CCCN)CC3)C2SC1. The van der Waals surface area contributed by atoms with E-state index in [1.165, 1.54) is 11.3 Å². The Bertz CT molecular complexity index is 599. The Morgan fingerprint density at radius 2 is 2.16 bits per heavy atom. The van der Waals surface area contributed by atoms with Crippen LogP contribution in [0.15, 0.2) is 16.3 Å². The standard InChI is InChI=1S/C17H26N4O3S/c1-11-9-25-16-13(15(22)21(16)14(11)17(23)24)19-10-20-7-4-12(5-8-20)3-2-6-18/h10,12-13,16H,2-9,18H2,1H3,(H,23,24). The predicted octanol–water partition coefficient (Wildman–Crippen LogP) is 1.11. The van der Waals surface area contributed by atoms with Gasteiger partial charge in [0.25, 0.3) is 5.91 Å². The second kappa shape index (κ2) is 7.78.